The lowest BCUT2D eigenvalue weighted by molar-refractivity contribution is 0.391. The average molecular weight is 222 g/mol. The maximum atomic E-state index is 9.29. The van der Waals surface area contributed by atoms with E-state index in [1.165, 1.54) is 6.42 Å². The summed E-state index contributed by atoms with van der Waals surface area (Å²) >= 11 is 0. The number of hydrogen-bond donors (Lipinski definition) is 1. The van der Waals surface area contributed by atoms with E-state index >= 15 is 0 Å². The number of hydrogen-bond acceptors (Lipinski definition) is 1. The molecule has 1 heteroatoms. The van der Waals surface area contributed by atoms with Crippen molar-refractivity contribution in [2.75, 3.05) is 0 Å². The van der Waals surface area contributed by atoms with Gasteiger partial charge in [0.1, 0.15) is 5.76 Å². The van der Waals surface area contributed by atoms with Gasteiger partial charge in [-0.05, 0) is 36.3 Å². The lowest BCUT2D eigenvalue weighted by Gasteiger charge is -2.19. The second-order valence-corrected chi connectivity index (χ2v) is 4.52. The minimum absolute atomic E-state index is 0.348. The van der Waals surface area contributed by atoms with Gasteiger partial charge in [0.25, 0.3) is 0 Å². The third kappa shape index (κ3) is 5.79. The van der Waals surface area contributed by atoms with E-state index in [2.05, 4.69) is 32.9 Å². The Morgan fingerprint density at radius 1 is 1.19 bits per heavy atom. The van der Waals surface area contributed by atoms with Gasteiger partial charge in [0, 0.05) is 0 Å². The highest BCUT2D eigenvalue weighted by Crippen LogP contribution is 2.24. The highest BCUT2D eigenvalue weighted by Gasteiger charge is 2.13. The molecule has 0 aromatic rings. The van der Waals surface area contributed by atoms with Crippen LogP contribution in [0.2, 0.25) is 0 Å². The van der Waals surface area contributed by atoms with Gasteiger partial charge in [-0.25, -0.2) is 0 Å². The number of allylic oxidation sites excluding steroid dienone is 5. The maximum absolute atomic E-state index is 9.29. The summed E-state index contributed by atoms with van der Waals surface area (Å²) in [5.74, 6) is 2.18. The van der Waals surface area contributed by atoms with Gasteiger partial charge in [-0.2, -0.15) is 0 Å². The molecule has 0 amide bonds. The van der Waals surface area contributed by atoms with Crippen molar-refractivity contribution in [1.82, 2.24) is 0 Å². The van der Waals surface area contributed by atoms with Crippen molar-refractivity contribution in [1.29, 1.82) is 0 Å². The smallest absolute Gasteiger partial charge is 0.115 e. The Morgan fingerprint density at radius 3 is 2.38 bits per heavy atom. The number of aliphatic hydroxyl groups excluding tert-OH is 1. The molecule has 92 valence electrons. The molecular weight excluding hydrogens is 196 g/mol. The van der Waals surface area contributed by atoms with E-state index in [1.54, 1.807) is 12.2 Å². The molecule has 0 spiro atoms. The lowest BCUT2D eigenvalue weighted by Crippen LogP contribution is -2.09. The van der Waals surface area contributed by atoms with Crippen LogP contribution in [0.3, 0.4) is 0 Å². The molecule has 0 saturated carbocycles. The van der Waals surface area contributed by atoms with E-state index < -0.39 is 0 Å². The van der Waals surface area contributed by atoms with Crippen molar-refractivity contribution in [2.24, 2.45) is 17.8 Å². The summed E-state index contributed by atoms with van der Waals surface area (Å²) in [5.41, 5.74) is 0. The van der Waals surface area contributed by atoms with Crippen LogP contribution in [-0.2, 0) is 0 Å². The molecule has 1 nitrogen and oxygen atoms in total. The average Bonchev–Trinajstić information content (AvgIpc) is 2.45. The third-order valence-electron chi connectivity index (χ3n) is 2.59. The SMILES string of the molecule is CC.CC(C)CC(C)C1C=CC=C(O)C=C1. The summed E-state index contributed by atoms with van der Waals surface area (Å²) < 4.78 is 0. The predicted molar refractivity (Wildman–Crippen MR) is 72.4 cm³/mol. The van der Waals surface area contributed by atoms with Crippen LogP contribution in [0.4, 0.5) is 0 Å². The Kier molecular flexibility index (Phi) is 7.70. The lowest BCUT2D eigenvalue weighted by atomic mass is 9.86. The van der Waals surface area contributed by atoms with Gasteiger partial charge in [0.05, 0.1) is 0 Å². The van der Waals surface area contributed by atoms with Crippen LogP contribution < -0.4 is 0 Å². The topological polar surface area (TPSA) is 20.2 Å². The van der Waals surface area contributed by atoms with E-state index in [-0.39, 0.29) is 0 Å². The van der Waals surface area contributed by atoms with Crippen molar-refractivity contribution in [3.8, 4) is 0 Å². The van der Waals surface area contributed by atoms with Crippen LogP contribution in [0.25, 0.3) is 0 Å². The van der Waals surface area contributed by atoms with Crippen LogP contribution in [0.5, 0.6) is 0 Å². The molecular formula is C15H26O. The molecule has 0 radical (unpaired) electrons. The zero-order valence-electron chi connectivity index (χ0n) is 11.3. The van der Waals surface area contributed by atoms with Crippen LogP contribution in [0.15, 0.2) is 36.1 Å². The standard InChI is InChI=1S/C13H20O.C2H6/c1-10(2)9-11(3)12-5-4-6-13(14)8-7-12;1-2/h4-8,10-12,14H,9H2,1-3H3;1-2H3. The Balaban J connectivity index is 0.00000106. The van der Waals surface area contributed by atoms with E-state index in [0.29, 0.717) is 17.6 Å². The number of rotatable bonds is 3. The Labute approximate surface area is 101 Å². The van der Waals surface area contributed by atoms with E-state index in [9.17, 15) is 5.11 Å². The van der Waals surface area contributed by atoms with Crippen molar-refractivity contribution >= 4 is 0 Å². The summed E-state index contributed by atoms with van der Waals surface area (Å²) in [6.07, 6.45) is 10.9. The molecule has 0 heterocycles. The van der Waals surface area contributed by atoms with Gasteiger partial charge in [0.15, 0.2) is 0 Å². The van der Waals surface area contributed by atoms with Gasteiger partial charge in [-0.3, -0.25) is 0 Å². The second-order valence-electron chi connectivity index (χ2n) is 4.52. The van der Waals surface area contributed by atoms with Crippen molar-refractivity contribution in [2.45, 2.75) is 41.0 Å². The minimum atomic E-state index is 0.348. The zero-order valence-corrected chi connectivity index (χ0v) is 11.3. The summed E-state index contributed by atoms with van der Waals surface area (Å²) in [6.45, 7) is 10.8. The van der Waals surface area contributed by atoms with Crippen LogP contribution in [0.1, 0.15) is 41.0 Å². The molecule has 0 aromatic carbocycles. The van der Waals surface area contributed by atoms with Crippen molar-refractivity contribution in [3.63, 3.8) is 0 Å². The first-order chi connectivity index (χ1) is 7.59. The Bertz CT molecular complexity index is 259. The van der Waals surface area contributed by atoms with Crippen LogP contribution in [-0.4, -0.2) is 5.11 Å². The third-order valence-corrected chi connectivity index (χ3v) is 2.59. The summed E-state index contributed by atoms with van der Waals surface area (Å²) in [4.78, 5) is 0. The van der Waals surface area contributed by atoms with Gasteiger partial charge in [-0.15, -0.1) is 0 Å². The first kappa shape index (κ1) is 15.0. The maximum Gasteiger partial charge on any atom is 0.115 e. The van der Waals surface area contributed by atoms with Gasteiger partial charge in [-0.1, -0.05) is 52.8 Å². The predicted octanol–water partition coefficient (Wildman–Crippen LogP) is 4.88. The van der Waals surface area contributed by atoms with E-state index in [0.717, 1.165) is 5.92 Å². The van der Waals surface area contributed by atoms with Crippen molar-refractivity contribution in [3.05, 3.63) is 36.1 Å². The molecule has 0 saturated heterocycles. The molecule has 1 aliphatic carbocycles. The molecule has 0 aliphatic heterocycles. The second kappa shape index (κ2) is 8.20. The fourth-order valence-corrected chi connectivity index (χ4v) is 1.89. The molecule has 0 aromatic heterocycles. The fourth-order valence-electron chi connectivity index (χ4n) is 1.89. The normalized spacial score (nSPS) is 20.9. The summed E-state index contributed by atoms with van der Waals surface area (Å²) in [6, 6.07) is 0. The van der Waals surface area contributed by atoms with Gasteiger partial charge < -0.3 is 5.11 Å². The zero-order chi connectivity index (χ0) is 12.6. The van der Waals surface area contributed by atoms with Gasteiger partial charge >= 0.3 is 0 Å². The first-order valence-corrected chi connectivity index (χ1v) is 6.35. The molecule has 0 bridgehead atoms. The number of aliphatic hydroxyl groups is 1. The van der Waals surface area contributed by atoms with Crippen LogP contribution in [0, 0.1) is 17.8 Å². The Hall–Kier alpha value is -0.980. The van der Waals surface area contributed by atoms with Crippen molar-refractivity contribution < 1.29 is 5.11 Å². The summed E-state index contributed by atoms with van der Waals surface area (Å²) in [5, 5.41) is 9.29. The summed E-state index contributed by atoms with van der Waals surface area (Å²) in [7, 11) is 0. The first-order valence-electron chi connectivity index (χ1n) is 6.35. The molecule has 0 fully saturated rings. The molecule has 1 aliphatic rings. The van der Waals surface area contributed by atoms with E-state index in [4.69, 9.17) is 0 Å². The highest BCUT2D eigenvalue weighted by molar-refractivity contribution is 5.24. The quantitative estimate of drug-likeness (QED) is 0.721. The molecule has 1 N–H and O–H groups in total. The van der Waals surface area contributed by atoms with E-state index in [1.807, 2.05) is 19.9 Å². The molecule has 16 heavy (non-hydrogen) atoms. The highest BCUT2D eigenvalue weighted by atomic mass is 16.3. The van der Waals surface area contributed by atoms with Crippen LogP contribution >= 0.6 is 0 Å². The molecule has 1 rings (SSSR count). The molecule has 2 atom stereocenters. The monoisotopic (exact) mass is 222 g/mol. The minimum Gasteiger partial charge on any atom is -0.508 e. The molecule has 2 unspecified atom stereocenters. The fraction of sp³-hybridized carbons (Fsp3) is 0.600. The van der Waals surface area contributed by atoms with Gasteiger partial charge in [0.2, 0.25) is 0 Å². The largest absolute Gasteiger partial charge is 0.508 e. The Morgan fingerprint density at radius 2 is 1.81 bits per heavy atom.